The van der Waals surface area contributed by atoms with Crippen molar-refractivity contribution < 1.29 is 14.3 Å². The van der Waals surface area contributed by atoms with Gasteiger partial charge >= 0.3 is 0 Å². The Morgan fingerprint density at radius 2 is 1.74 bits per heavy atom. The molecule has 1 aromatic rings. The third kappa shape index (κ3) is 5.56. The molecule has 0 radical (unpaired) electrons. The molecule has 0 saturated carbocycles. The van der Waals surface area contributed by atoms with Gasteiger partial charge in [-0.1, -0.05) is 0 Å². The summed E-state index contributed by atoms with van der Waals surface area (Å²) in [6, 6.07) is 7.46. The second-order valence-electron chi connectivity index (χ2n) is 6.12. The molecule has 0 atom stereocenters. The van der Waals surface area contributed by atoms with Crippen LogP contribution < -0.4 is 15.5 Å². The maximum Gasteiger partial charge on any atom is 0.239 e. The molecule has 128 valence electrons. The fourth-order valence-electron chi connectivity index (χ4n) is 1.87. The summed E-state index contributed by atoms with van der Waals surface area (Å²) in [6.45, 7) is 4.29. The Morgan fingerprint density at radius 1 is 1.13 bits per heavy atom. The van der Waals surface area contributed by atoms with Gasteiger partial charge in [0, 0.05) is 45.7 Å². The van der Waals surface area contributed by atoms with Crippen molar-refractivity contribution in [2.75, 3.05) is 44.6 Å². The molecule has 0 fully saturated rings. The summed E-state index contributed by atoms with van der Waals surface area (Å²) < 4.78 is 4.93. The zero-order chi connectivity index (χ0) is 17.5. The molecular formula is C17H27N3O3. The highest BCUT2D eigenvalue weighted by atomic mass is 16.5. The second-order valence-corrected chi connectivity index (χ2v) is 6.12. The number of anilines is 2. The highest BCUT2D eigenvalue weighted by Gasteiger charge is 2.35. The summed E-state index contributed by atoms with van der Waals surface area (Å²) >= 11 is 0. The van der Waals surface area contributed by atoms with Crippen LogP contribution in [0.2, 0.25) is 0 Å². The number of rotatable bonds is 8. The Morgan fingerprint density at radius 3 is 2.26 bits per heavy atom. The van der Waals surface area contributed by atoms with Gasteiger partial charge in [-0.05, 0) is 44.5 Å². The van der Waals surface area contributed by atoms with Crippen molar-refractivity contribution >= 4 is 23.2 Å². The van der Waals surface area contributed by atoms with Crippen LogP contribution in [0.25, 0.3) is 0 Å². The Balaban J connectivity index is 2.61. The minimum absolute atomic E-state index is 0.295. The number of benzene rings is 1. The molecule has 0 aliphatic rings. The van der Waals surface area contributed by atoms with Gasteiger partial charge in [-0.2, -0.15) is 0 Å². The van der Waals surface area contributed by atoms with Crippen LogP contribution in [-0.2, 0) is 14.3 Å². The first-order chi connectivity index (χ1) is 10.8. The van der Waals surface area contributed by atoms with E-state index in [1.165, 1.54) is 0 Å². The van der Waals surface area contributed by atoms with E-state index < -0.39 is 5.41 Å². The van der Waals surface area contributed by atoms with Crippen LogP contribution >= 0.6 is 0 Å². The highest BCUT2D eigenvalue weighted by Crippen LogP contribution is 2.21. The minimum atomic E-state index is -1.15. The fraction of sp³-hybridized carbons (Fsp3) is 0.529. The number of amides is 2. The molecule has 0 aromatic heterocycles. The first-order valence-corrected chi connectivity index (χ1v) is 7.65. The average Bonchev–Trinajstić information content (AvgIpc) is 2.51. The maximum atomic E-state index is 12.4. The van der Waals surface area contributed by atoms with E-state index >= 15 is 0 Å². The second kappa shape index (κ2) is 8.53. The number of hydrogen-bond donors (Lipinski definition) is 2. The van der Waals surface area contributed by atoms with Gasteiger partial charge in [0.15, 0.2) is 0 Å². The van der Waals surface area contributed by atoms with Gasteiger partial charge in [-0.3, -0.25) is 9.59 Å². The van der Waals surface area contributed by atoms with Crippen LogP contribution in [0.3, 0.4) is 0 Å². The van der Waals surface area contributed by atoms with E-state index in [1.54, 1.807) is 21.0 Å². The molecule has 0 spiro atoms. The number of carbonyl (C=O) groups is 2. The average molecular weight is 321 g/mol. The third-order valence-electron chi connectivity index (χ3n) is 3.59. The summed E-state index contributed by atoms with van der Waals surface area (Å²) in [5.41, 5.74) is 0.562. The van der Waals surface area contributed by atoms with E-state index in [1.807, 2.05) is 43.3 Å². The Labute approximate surface area is 138 Å². The van der Waals surface area contributed by atoms with Crippen LogP contribution in [0.1, 0.15) is 20.3 Å². The minimum Gasteiger partial charge on any atom is -0.385 e. The molecule has 0 bridgehead atoms. The summed E-state index contributed by atoms with van der Waals surface area (Å²) in [7, 11) is 5.51. The van der Waals surface area contributed by atoms with Crippen molar-refractivity contribution in [3.63, 3.8) is 0 Å². The molecule has 2 amide bonds. The molecule has 23 heavy (non-hydrogen) atoms. The molecule has 0 heterocycles. The first kappa shape index (κ1) is 19.0. The molecule has 6 nitrogen and oxygen atoms in total. The largest absolute Gasteiger partial charge is 0.385 e. The topological polar surface area (TPSA) is 70.7 Å². The zero-order valence-electron chi connectivity index (χ0n) is 14.6. The summed E-state index contributed by atoms with van der Waals surface area (Å²) in [5, 5.41) is 5.55. The fourth-order valence-corrected chi connectivity index (χ4v) is 1.87. The van der Waals surface area contributed by atoms with Gasteiger partial charge in [-0.15, -0.1) is 0 Å². The Hall–Kier alpha value is -2.08. The van der Waals surface area contributed by atoms with E-state index in [9.17, 15) is 9.59 Å². The van der Waals surface area contributed by atoms with Crippen LogP contribution in [0.4, 0.5) is 11.4 Å². The van der Waals surface area contributed by atoms with Crippen LogP contribution in [-0.4, -0.2) is 46.2 Å². The lowest BCUT2D eigenvalue weighted by molar-refractivity contribution is -0.138. The quantitative estimate of drug-likeness (QED) is 0.566. The number of ether oxygens (including phenoxy) is 1. The molecule has 0 unspecified atom stereocenters. The highest BCUT2D eigenvalue weighted by molar-refractivity contribution is 6.09. The SMILES string of the molecule is COCCCNC(=O)C(C)(C)C(=O)Nc1ccc(N(C)C)cc1. The van der Waals surface area contributed by atoms with E-state index in [4.69, 9.17) is 4.74 Å². The van der Waals surface area contributed by atoms with Gasteiger partial charge in [0.1, 0.15) is 5.41 Å². The van der Waals surface area contributed by atoms with Crippen LogP contribution in [0.15, 0.2) is 24.3 Å². The van der Waals surface area contributed by atoms with Crippen molar-refractivity contribution in [2.24, 2.45) is 5.41 Å². The molecular weight excluding hydrogens is 294 g/mol. The number of methoxy groups -OCH3 is 1. The predicted molar refractivity (Wildman–Crippen MR) is 92.7 cm³/mol. The first-order valence-electron chi connectivity index (χ1n) is 7.65. The smallest absolute Gasteiger partial charge is 0.239 e. The van der Waals surface area contributed by atoms with E-state index in [-0.39, 0.29) is 11.8 Å². The number of hydrogen-bond acceptors (Lipinski definition) is 4. The third-order valence-corrected chi connectivity index (χ3v) is 3.59. The molecule has 1 rings (SSSR count). The number of nitrogens with one attached hydrogen (secondary N) is 2. The lowest BCUT2D eigenvalue weighted by atomic mass is 9.91. The number of nitrogens with zero attached hydrogens (tertiary/aromatic N) is 1. The van der Waals surface area contributed by atoms with Crippen LogP contribution in [0, 0.1) is 5.41 Å². The number of carbonyl (C=O) groups excluding carboxylic acids is 2. The van der Waals surface area contributed by atoms with E-state index in [0.29, 0.717) is 25.3 Å². The van der Waals surface area contributed by atoms with Gasteiger partial charge in [0.2, 0.25) is 11.8 Å². The van der Waals surface area contributed by atoms with E-state index in [0.717, 1.165) is 5.69 Å². The lowest BCUT2D eigenvalue weighted by Gasteiger charge is -2.23. The predicted octanol–water partition coefficient (Wildman–Crippen LogP) is 1.87. The zero-order valence-corrected chi connectivity index (χ0v) is 14.6. The molecule has 0 aliphatic carbocycles. The monoisotopic (exact) mass is 321 g/mol. The molecule has 0 saturated heterocycles. The van der Waals surface area contributed by atoms with Gasteiger partial charge in [0.25, 0.3) is 0 Å². The van der Waals surface area contributed by atoms with E-state index in [2.05, 4.69) is 10.6 Å². The molecule has 2 N–H and O–H groups in total. The summed E-state index contributed by atoms with van der Waals surface area (Å²) in [4.78, 5) is 26.5. The molecule has 6 heteroatoms. The normalized spacial score (nSPS) is 11.0. The van der Waals surface area contributed by atoms with Gasteiger partial charge in [0.05, 0.1) is 0 Å². The standard InChI is InChI=1S/C17H27N3O3/c1-17(2,15(21)18-11-6-12-23-5)16(22)19-13-7-9-14(10-8-13)20(3)4/h7-10H,6,11-12H2,1-5H3,(H,18,21)(H,19,22). The van der Waals surface area contributed by atoms with Crippen molar-refractivity contribution in [3.8, 4) is 0 Å². The molecule has 0 aliphatic heterocycles. The van der Waals surface area contributed by atoms with Gasteiger partial charge in [-0.25, -0.2) is 0 Å². The van der Waals surface area contributed by atoms with Crippen molar-refractivity contribution in [2.45, 2.75) is 20.3 Å². The Bertz CT molecular complexity index is 524. The summed E-state index contributed by atoms with van der Waals surface area (Å²) in [5.74, 6) is -0.629. The summed E-state index contributed by atoms with van der Waals surface area (Å²) in [6.07, 6.45) is 0.714. The maximum absolute atomic E-state index is 12.4. The van der Waals surface area contributed by atoms with Gasteiger partial charge < -0.3 is 20.3 Å². The lowest BCUT2D eigenvalue weighted by Crippen LogP contribution is -2.45. The molecule has 1 aromatic carbocycles. The van der Waals surface area contributed by atoms with Crippen molar-refractivity contribution in [3.05, 3.63) is 24.3 Å². The Kier molecular flexibility index (Phi) is 7.03. The van der Waals surface area contributed by atoms with Crippen LogP contribution in [0.5, 0.6) is 0 Å². The van der Waals surface area contributed by atoms with Crippen molar-refractivity contribution in [1.82, 2.24) is 5.32 Å². The van der Waals surface area contributed by atoms with Crippen molar-refractivity contribution in [1.29, 1.82) is 0 Å².